The third-order valence-electron chi connectivity index (χ3n) is 1.11. The van der Waals surface area contributed by atoms with Crippen LogP contribution in [0.2, 0.25) is 0 Å². The highest BCUT2D eigenvalue weighted by molar-refractivity contribution is 7.91. The van der Waals surface area contributed by atoms with E-state index in [1.165, 1.54) is 0 Å². The minimum Gasteiger partial charge on any atom is -0.391 e. The molecule has 0 bridgehead atoms. The van der Waals surface area contributed by atoms with Gasteiger partial charge < -0.3 is 10.8 Å². The quantitative estimate of drug-likeness (QED) is 0.625. The lowest BCUT2D eigenvalue weighted by Crippen LogP contribution is -2.29. The first-order valence-corrected chi connectivity index (χ1v) is 5.52. The molecule has 0 heterocycles. The molecule has 7 heteroatoms. The van der Waals surface area contributed by atoms with Crippen molar-refractivity contribution in [3.05, 3.63) is 0 Å². The van der Waals surface area contributed by atoms with E-state index in [2.05, 4.69) is 0 Å². The molecular weight excluding hydrogens is 225 g/mol. The standard InChI is InChI=1S/C5H12ClNO3S.ClH/c6-1-2-11(9,10)4-5(8)3-7;/h5,8H,1-4,7H2;1H. The number of hydrogen-bond acceptors (Lipinski definition) is 4. The van der Waals surface area contributed by atoms with Crippen LogP contribution in [0.5, 0.6) is 0 Å². The minimum atomic E-state index is -3.20. The Labute approximate surface area is 83.4 Å². The van der Waals surface area contributed by atoms with Crippen molar-refractivity contribution in [1.29, 1.82) is 0 Å². The molecule has 0 fully saturated rings. The molecule has 4 nitrogen and oxygen atoms in total. The number of sulfone groups is 1. The Bertz CT molecular complexity index is 195. The zero-order valence-electron chi connectivity index (χ0n) is 6.44. The van der Waals surface area contributed by atoms with Crippen molar-refractivity contribution in [3.63, 3.8) is 0 Å². The Balaban J connectivity index is 0. The summed E-state index contributed by atoms with van der Waals surface area (Å²) in [4.78, 5) is 0. The van der Waals surface area contributed by atoms with E-state index in [9.17, 15) is 8.42 Å². The lowest BCUT2D eigenvalue weighted by atomic mass is 10.4. The van der Waals surface area contributed by atoms with Gasteiger partial charge in [-0.2, -0.15) is 0 Å². The van der Waals surface area contributed by atoms with E-state index < -0.39 is 15.9 Å². The highest BCUT2D eigenvalue weighted by Crippen LogP contribution is 1.95. The molecule has 76 valence electrons. The Morgan fingerprint density at radius 3 is 2.33 bits per heavy atom. The van der Waals surface area contributed by atoms with Gasteiger partial charge in [0.05, 0.1) is 17.6 Å². The Hall–Kier alpha value is 0.450. The van der Waals surface area contributed by atoms with E-state index in [4.69, 9.17) is 22.4 Å². The third-order valence-corrected chi connectivity index (χ3v) is 3.24. The van der Waals surface area contributed by atoms with Crippen LogP contribution in [0.15, 0.2) is 0 Å². The highest BCUT2D eigenvalue weighted by Gasteiger charge is 2.14. The van der Waals surface area contributed by atoms with Crippen LogP contribution >= 0.6 is 24.0 Å². The molecule has 0 amide bonds. The van der Waals surface area contributed by atoms with E-state index in [0.717, 1.165) is 0 Å². The maximum absolute atomic E-state index is 10.9. The minimum absolute atomic E-state index is 0. The van der Waals surface area contributed by atoms with Crippen molar-refractivity contribution >= 4 is 33.8 Å². The number of aliphatic hydroxyl groups excluding tert-OH is 1. The van der Waals surface area contributed by atoms with Gasteiger partial charge in [0.1, 0.15) is 0 Å². The highest BCUT2D eigenvalue weighted by atomic mass is 35.5. The molecule has 0 rings (SSSR count). The van der Waals surface area contributed by atoms with Gasteiger partial charge in [0.15, 0.2) is 9.84 Å². The average molecular weight is 238 g/mol. The van der Waals surface area contributed by atoms with Gasteiger partial charge in [0.2, 0.25) is 0 Å². The zero-order valence-corrected chi connectivity index (χ0v) is 8.83. The lowest BCUT2D eigenvalue weighted by molar-refractivity contribution is 0.205. The number of aliphatic hydroxyl groups is 1. The van der Waals surface area contributed by atoms with Gasteiger partial charge >= 0.3 is 0 Å². The predicted molar refractivity (Wildman–Crippen MR) is 51.7 cm³/mol. The second kappa shape index (κ2) is 6.91. The van der Waals surface area contributed by atoms with Crippen molar-refractivity contribution < 1.29 is 13.5 Å². The topological polar surface area (TPSA) is 80.4 Å². The summed E-state index contributed by atoms with van der Waals surface area (Å²) >= 11 is 5.22. The van der Waals surface area contributed by atoms with Crippen molar-refractivity contribution in [2.45, 2.75) is 6.10 Å². The van der Waals surface area contributed by atoms with Crippen LogP contribution in [0.1, 0.15) is 0 Å². The summed E-state index contributed by atoms with van der Waals surface area (Å²) in [6.45, 7) is -0.0402. The first-order valence-electron chi connectivity index (χ1n) is 3.16. The largest absolute Gasteiger partial charge is 0.391 e. The van der Waals surface area contributed by atoms with Gasteiger partial charge in [-0.15, -0.1) is 24.0 Å². The molecule has 1 atom stereocenters. The van der Waals surface area contributed by atoms with Crippen molar-refractivity contribution in [2.75, 3.05) is 23.9 Å². The van der Waals surface area contributed by atoms with E-state index in [1.54, 1.807) is 0 Å². The summed E-state index contributed by atoms with van der Waals surface area (Å²) in [5.41, 5.74) is 5.03. The van der Waals surface area contributed by atoms with Crippen LogP contribution in [-0.4, -0.2) is 43.6 Å². The maximum atomic E-state index is 10.9. The SMILES string of the molecule is Cl.NCC(O)CS(=O)(=O)CCCl. The Morgan fingerprint density at radius 2 is 2.00 bits per heavy atom. The van der Waals surface area contributed by atoms with Crippen LogP contribution in [0.4, 0.5) is 0 Å². The van der Waals surface area contributed by atoms with E-state index in [0.29, 0.717) is 0 Å². The first-order chi connectivity index (χ1) is 5.02. The van der Waals surface area contributed by atoms with Crippen molar-refractivity contribution in [3.8, 4) is 0 Å². The molecule has 0 aliphatic rings. The number of nitrogens with two attached hydrogens (primary N) is 1. The molecule has 12 heavy (non-hydrogen) atoms. The van der Waals surface area contributed by atoms with Crippen LogP contribution < -0.4 is 5.73 Å². The fraction of sp³-hybridized carbons (Fsp3) is 1.00. The van der Waals surface area contributed by atoms with Gasteiger partial charge in [0, 0.05) is 12.4 Å². The van der Waals surface area contributed by atoms with Crippen LogP contribution in [0.3, 0.4) is 0 Å². The molecule has 0 saturated heterocycles. The monoisotopic (exact) mass is 237 g/mol. The summed E-state index contributed by atoms with van der Waals surface area (Å²) in [6, 6.07) is 0. The molecule has 0 aromatic carbocycles. The first kappa shape index (κ1) is 14.9. The van der Waals surface area contributed by atoms with Gasteiger partial charge in [-0.25, -0.2) is 8.42 Å². The summed E-state index contributed by atoms with van der Waals surface area (Å²) in [6.07, 6.45) is -0.969. The third kappa shape index (κ3) is 7.12. The van der Waals surface area contributed by atoms with Crippen LogP contribution in [0, 0.1) is 0 Å². The summed E-state index contributed by atoms with van der Waals surface area (Å²) < 4.78 is 21.8. The van der Waals surface area contributed by atoms with E-state index in [-0.39, 0.29) is 36.3 Å². The van der Waals surface area contributed by atoms with Crippen LogP contribution in [0.25, 0.3) is 0 Å². The number of halogens is 2. The second-order valence-electron chi connectivity index (χ2n) is 2.19. The van der Waals surface area contributed by atoms with Gasteiger partial charge in [-0.05, 0) is 0 Å². The van der Waals surface area contributed by atoms with E-state index in [1.807, 2.05) is 0 Å². The fourth-order valence-electron chi connectivity index (χ4n) is 0.562. The molecule has 0 spiro atoms. The molecular formula is C5H13Cl2NO3S. The van der Waals surface area contributed by atoms with Gasteiger partial charge in [-0.1, -0.05) is 0 Å². The Morgan fingerprint density at radius 1 is 1.50 bits per heavy atom. The van der Waals surface area contributed by atoms with Crippen LogP contribution in [-0.2, 0) is 9.84 Å². The predicted octanol–water partition coefficient (Wildman–Crippen LogP) is -0.619. The normalized spacial score (nSPS) is 13.6. The molecule has 3 N–H and O–H groups in total. The summed E-state index contributed by atoms with van der Waals surface area (Å²) in [7, 11) is -3.20. The average Bonchev–Trinajstić information content (AvgIpc) is 1.86. The van der Waals surface area contributed by atoms with Gasteiger partial charge in [-0.3, -0.25) is 0 Å². The lowest BCUT2D eigenvalue weighted by Gasteiger charge is -2.06. The summed E-state index contributed by atoms with van der Waals surface area (Å²) in [5.74, 6) is -0.346. The molecule has 1 unspecified atom stereocenters. The molecule has 0 aliphatic heterocycles. The number of alkyl halides is 1. The van der Waals surface area contributed by atoms with Gasteiger partial charge in [0.25, 0.3) is 0 Å². The molecule has 0 saturated carbocycles. The van der Waals surface area contributed by atoms with Crippen molar-refractivity contribution in [1.82, 2.24) is 0 Å². The second-order valence-corrected chi connectivity index (χ2v) is 4.80. The van der Waals surface area contributed by atoms with E-state index >= 15 is 0 Å². The maximum Gasteiger partial charge on any atom is 0.154 e. The Kier molecular flexibility index (Phi) is 8.61. The molecule has 0 aromatic heterocycles. The molecule has 0 radical (unpaired) electrons. The smallest absolute Gasteiger partial charge is 0.154 e. The summed E-state index contributed by atoms with van der Waals surface area (Å²) in [5, 5.41) is 8.87. The molecule has 0 aliphatic carbocycles. The number of rotatable bonds is 5. The molecule has 0 aromatic rings. The van der Waals surface area contributed by atoms with Crippen molar-refractivity contribution in [2.24, 2.45) is 5.73 Å². The zero-order chi connectivity index (χ0) is 8.91. The fourth-order valence-corrected chi connectivity index (χ4v) is 2.39. The number of hydrogen-bond donors (Lipinski definition) is 2.